The van der Waals surface area contributed by atoms with Crippen molar-refractivity contribution >= 4 is 16.9 Å². The van der Waals surface area contributed by atoms with E-state index in [1.54, 1.807) is 37.7 Å². The summed E-state index contributed by atoms with van der Waals surface area (Å²) in [6, 6.07) is 6.79. The maximum absolute atomic E-state index is 12.8. The lowest BCUT2D eigenvalue weighted by Gasteiger charge is -2.38. The second-order valence-corrected chi connectivity index (χ2v) is 6.52. The van der Waals surface area contributed by atoms with E-state index in [-0.39, 0.29) is 24.0 Å². The Morgan fingerprint density at radius 1 is 1.27 bits per heavy atom. The molecule has 1 atom stereocenters. The zero-order valence-electron chi connectivity index (χ0n) is 14.2. The van der Waals surface area contributed by atoms with Gasteiger partial charge in [-0.2, -0.15) is 15.4 Å². The van der Waals surface area contributed by atoms with Crippen LogP contribution in [0.25, 0.3) is 11.0 Å². The number of pyridine rings is 1. The van der Waals surface area contributed by atoms with Gasteiger partial charge >= 0.3 is 0 Å². The van der Waals surface area contributed by atoms with Gasteiger partial charge in [-0.1, -0.05) is 0 Å². The Morgan fingerprint density at radius 2 is 2.08 bits per heavy atom. The molecular formula is C18H19N5O3. The molecule has 1 aliphatic carbocycles. The van der Waals surface area contributed by atoms with E-state index in [1.165, 1.54) is 0 Å². The normalized spacial score (nSPS) is 20.4. The molecule has 0 bridgehead atoms. The van der Waals surface area contributed by atoms with Crippen molar-refractivity contribution in [1.82, 2.24) is 25.7 Å². The average molecular weight is 353 g/mol. The topological polar surface area (TPSA) is 113 Å². The number of hydrogen-bond acceptors (Lipinski definition) is 6. The fourth-order valence-electron chi connectivity index (χ4n) is 3.30. The van der Waals surface area contributed by atoms with Gasteiger partial charge in [0.25, 0.3) is 5.91 Å². The quantitative estimate of drug-likeness (QED) is 0.642. The first-order chi connectivity index (χ1) is 12.6. The largest absolute Gasteiger partial charge is 0.495 e. The number of H-pyrrole nitrogens is 1. The van der Waals surface area contributed by atoms with E-state index in [4.69, 9.17) is 4.74 Å². The third kappa shape index (κ3) is 3.11. The number of carbonyl (C=O) groups is 1. The Hall–Kier alpha value is -3.00. The van der Waals surface area contributed by atoms with Crippen LogP contribution in [-0.2, 0) is 0 Å². The smallest absolute Gasteiger partial charge is 0.251 e. The molecule has 1 amide bonds. The molecule has 0 aliphatic heterocycles. The molecule has 1 unspecified atom stereocenters. The molecule has 1 saturated carbocycles. The summed E-state index contributed by atoms with van der Waals surface area (Å²) in [5.41, 5.74) is 2.71. The highest BCUT2D eigenvalue weighted by molar-refractivity contribution is 5.97. The van der Waals surface area contributed by atoms with Crippen LogP contribution in [0.4, 0.5) is 0 Å². The van der Waals surface area contributed by atoms with Crippen molar-refractivity contribution in [1.29, 1.82) is 0 Å². The van der Waals surface area contributed by atoms with Gasteiger partial charge in [-0.15, -0.1) is 0 Å². The summed E-state index contributed by atoms with van der Waals surface area (Å²) in [5.74, 6) is 0.577. The number of aliphatic hydroxyl groups is 1. The molecule has 2 heterocycles. The molecule has 1 aromatic carbocycles. The average Bonchev–Trinajstić information content (AvgIpc) is 3.11. The molecular weight excluding hydrogens is 334 g/mol. The van der Waals surface area contributed by atoms with Gasteiger partial charge in [-0.25, -0.2) is 0 Å². The second-order valence-electron chi connectivity index (χ2n) is 6.52. The number of aliphatic hydroxyl groups excluding tert-OH is 1. The van der Waals surface area contributed by atoms with Gasteiger partial charge in [0.1, 0.15) is 16.8 Å². The van der Waals surface area contributed by atoms with Crippen LogP contribution < -0.4 is 10.1 Å². The summed E-state index contributed by atoms with van der Waals surface area (Å²) in [5, 5.41) is 23.3. The third-order valence-corrected chi connectivity index (χ3v) is 4.82. The van der Waals surface area contributed by atoms with Crippen molar-refractivity contribution in [2.45, 2.75) is 25.0 Å². The molecule has 134 valence electrons. The number of nitrogens with one attached hydrogen (secondary N) is 2. The van der Waals surface area contributed by atoms with Crippen LogP contribution in [0.15, 0.2) is 36.7 Å². The minimum absolute atomic E-state index is 0.152. The van der Waals surface area contributed by atoms with Gasteiger partial charge in [0.2, 0.25) is 0 Å². The van der Waals surface area contributed by atoms with Gasteiger partial charge < -0.3 is 15.2 Å². The van der Waals surface area contributed by atoms with Gasteiger partial charge in [-0.3, -0.25) is 9.78 Å². The van der Waals surface area contributed by atoms with Gasteiger partial charge in [0, 0.05) is 11.8 Å². The lowest BCUT2D eigenvalue weighted by molar-refractivity contribution is 0.0234. The fraction of sp³-hybridized carbons (Fsp3) is 0.333. The van der Waals surface area contributed by atoms with E-state index in [2.05, 4.69) is 25.7 Å². The molecule has 4 rings (SSSR count). The molecule has 8 nitrogen and oxygen atoms in total. The summed E-state index contributed by atoms with van der Waals surface area (Å²) in [4.78, 5) is 17.0. The number of aromatic amines is 1. The van der Waals surface area contributed by atoms with Crippen molar-refractivity contribution < 1.29 is 14.6 Å². The minimum Gasteiger partial charge on any atom is -0.495 e. The number of nitrogens with zero attached hydrogens (tertiary/aromatic N) is 3. The van der Waals surface area contributed by atoms with Crippen LogP contribution in [-0.4, -0.2) is 44.6 Å². The number of carbonyl (C=O) groups excluding carboxylic acids is 1. The highest BCUT2D eigenvalue weighted by Crippen LogP contribution is 2.38. The Kier molecular flexibility index (Phi) is 4.26. The lowest BCUT2D eigenvalue weighted by atomic mass is 9.75. The summed E-state index contributed by atoms with van der Waals surface area (Å²) >= 11 is 0. The third-order valence-electron chi connectivity index (χ3n) is 4.82. The van der Waals surface area contributed by atoms with E-state index in [0.717, 1.165) is 5.56 Å². The highest BCUT2D eigenvalue weighted by atomic mass is 16.5. The van der Waals surface area contributed by atoms with E-state index >= 15 is 0 Å². The highest BCUT2D eigenvalue weighted by Gasteiger charge is 2.36. The van der Waals surface area contributed by atoms with E-state index < -0.39 is 0 Å². The molecule has 1 aliphatic rings. The molecule has 8 heteroatoms. The molecule has 26 heavy (non-hydrogen) atoms. The lowest BCUT2D eigenvalue weighted by Crippen LogP contribution is -2.41. The number of fused-ring (bicyclic) bond motifs is 1. The van der Waals surface area contributed by atoms with Crippen molar-refractivity contribution in [2.24, 2.45) is 5.92 Å². The van der Waals surface area contributed by atoms with E-state index in [1.807, 2.05) is 6.07 Å². The second kappa shape index (κ2) is 6.72. The molecule has 1 fully saturated rings. The molecule has 3 N–H and O–H groups in total. The maximum atomic E-state index is 12.8. The first-order valence-electron chi connectivity index (χ1n) is 8.42. The monoisotopic (exact) mass is 353 g/mol. The van der Waals surface area contributed by atoms with E-state index in [9.17, 15) is 9.90 Å². The summed E-state index contributed by atoms with van der Waals surface area (Å²) in [6.07, 6.45) is 4.31. The Labute approximate surface area is 149 Å². The number of amides is 1. The molecule has 3 aromatic rings. The number of benzene rings is 1. The first kappa shape index (κ1) is 16.5. The van der Waals surface area contributed by atoms with Crippen molar-refractivity contribution in [3.8, 4) is 5.75 Å². The Balaban J connectivity index is 1.60. The number of rotatable bonds is 5. The fourth-order valence-corrected chi connectivity index (χ4v) is 3.30. The molecule has 0 radical (unpaired) electrons. The van der Waals surface area contributed by atoms with Crippen LogP contribution in [0.2, 0.25) is 0 Å². The number of aromatic nitrogens is 4. The summed E-state index contributed by atoms with van der Waals surface area (Å²) in [6.45, 7) is 0. The Bertz CT molecular complexity index is 935. The van der Waals surface area contributed by atoms with Crippen LogP contribution in [0.1, 0.15) is 34.8 Å². The number of ether oxygens (including phenoxy) is 1. The number of hydrogen-bond donors (Lipinski definition) is 3. The van der Waals surface area contributed by atoms with Gasteiger partial charge in [0.15, 0.2) is 0 Å². The van der Waals surface area contributed by atoms with Crippen LogP contribution in [0, 0.1) is 5.92 Å². The van der Waals surface area contributed by atoms with Gasteiger partial charge in [-0.05, 0) is 48.6 Å². The predicted octanol–water partition coefficient (Wildman–Crippen LogP) is 1.60. The van der Waals surface area contributed by atoms with Crippen LogP contribution in [0.5, 0.6) is 5.75 Å². The maximum Gasteiger partial charge on any atom is 0.251 e. The van der Waals surface area contributed by atoms with E-state index in [0.29, 0.717) is 35.2 Å². The SMILES string of the molecule is COc1cncc(C(NC(=O)c2ccc3n[nH]nc3c2)C2CC(O)C2)c1. The minimum atomic E-state index is -0.315. The zero-order valence-corrected chi connectivity index (χ0v) is 14.2. The predicted molar refractivity (Wildman–Crippen MR) is 93.6 cm³/mol. The van der Waals surface area contributed by atoms with Crippen LogP contribution in [0.3, 0.4) is 0 Å². The summed E-state index contributed by atoms with van der Waals surface area (Å²) in [7, 11) is 1.58. The molecule has 2 aromatic heterocycles. The van der Waals surface area contributed by atoms with Crippen LogP contribution >= 0.6 is 0 Å². The first-order valence-corrected chi connectivity index (χ1v) is 8.42. The van der Waals surface area contributed by atoms with Crippen molar-refractivity contribution in [2.75, 3.05) is 7.11 Å². The summed E-state index contributed by atoms with van der Waals surface area (Å²) < 4.78 is 5.24. The zero-order chi connectivity index (χ0) is 18.1. The van der Waals surface area contributed by atoms with Crippen molar-refractivity contribution in [3.05, 3.63) is 47.8 Å². The van der Waals surface area contributed by atoms with Gasteiger partial charge in [0.05, 0.1) is 25.5 Å². The molecule has 0 spiro atoms. The number of methoxy groups -OCH3 is 1. The standard InChI is InChI=1S/C18H19N5O3/c1-26-14-6-12(8-19-9-14)17(11-4-13(24)5-11)20-18(25)10-2-3-15-16(7-10)22-23-21-15/h2-3,6-9,11,13,17,24H,4-5H2,1H3,(H,20,25)(H,21,22,23). The molecule has 0 saturated heterocycles. The Morgan fingerprint density at radius 3 is 2.85 bits per heavy atom. The van der Waals surface area contributed by atoms with Crippen molar-refractivity contribution in [3.63, 3.8) is 0 Å².